The summed E-state index contributed by atoms with van der Waals surface area (Å²) in [6, 6.07) is 27.4. The van der Waals surface area contributed by atoms with Crippen LogP contribution in [0.4, 0.5) is 0 Å². The molecular weight excluding hydrogens is 424 g/mol. The van der Waals surface area contributed by atoms with Crippen molar-refractivity contribution in [3.63, 3.8) is 0 Å². The number of H-pyrrole nitrogens is 1. The molecule has 1 aliphatic rings. The number of aromatic amines is 1. The first-order valence-corrected chi connectivity index (χ1v) is 11.4. The van der Waals surface area contributed by atoms with Gasteiger partial charge in [-0.15, -0.1) is 0 Å². The summed E-state index contributed by atoms with van der Waals surface area (Å²) in [5, 5.41) is 4.29. The van der Waals surface area contributed by atoms with Gasteiger partial charge in [-0.3, -0.25) is 4.79 Å². The van der Waals surface area contributed by atoms with Crippen LogP contribution in [0.2, 0.25) is 0 Å². The van der Waals surface area contributed by atoms with Gasteiger partial charge in [-0.25, -0.2) is 4.98 Å². The van der Waals surface area contributed by atoms with Crippen molar-refractivity contribution in [3.05, 3.63) is 115 Å². The van der Waals surface area contributed by atoms with E-state index in [1.807, 2.05) is 89.8 Å². The highest BCUT2D eigenvalue weighted by atomic mass is 16.6. The summed E-state index contributed by atoms with van der Waals surface area (Å²) in [6.45, 7) is 4.38. The maximum atomic E-state index is 14.2. The van der Waals surface area contributed by atoms with Crippen LogP contribution in [0.25, 0.3) is 11.0 Å². The number of benzene rings is 3. The molecule has 6 nitrogen and oxygen atoms in total. The van der Waals surface area contributed by atoms with Crippen LogP contribution in [0.15, 0.2) is 103 Å². The Hall–Kier alpha value is -4.19. The minimum atomic E-state index is -0.428. The predicted molar refractivity (Wildman–Crippen MR) is 133 cm³/mol. The molecule has 6 heteroatoms. The van der Waals surface area contributed by atoms with Crippen LogP contribution in [0.5, 0.6) is 0 Å². The smallest absolute Gasteiger partial charge is 0.235 e. The molecule has 0 bridgehead atoms. The molecule has 1 amide bonds. The number of imidazole rings is 1. The van der Waals surface area contributed by atoms with Crippen molar-refractivity contribution in [3.8, 4) is 0 Å². The number of likely N-dealkylation sites (tertiary alicyclic amines) is 1. The molecule has 0 aliphatic carbocycles. The molecule has 0 radical (unpaired) electrons. The highest BCUT2D eigenvalue weighted by Crippen LogP contribution is 2.36. The molecule has 3 aromatic carbocycles. The zero-order valence-electron chi connectivity index (χ0n) is 18.8. The highest BCUT2D eigenvalue weighted by molar-refractivity contribution is 5.97. The number of nitrogens with zero attached hydrogens (tertiary/aromatic N) is 3. The Balaban J connectivity index is 1.55. The first-order valence-electron chi connectivity index (χ1n) is 11.4. The van der Waals surface area contributed by atoms with Crippen LogP contribution in [-0.2, 0) is 9.63 Å². The summed E-state index contributed by atoms with van der Waals surface area (Å²) < 4.78 is 0. The van der Waals surface area contributed by atoms with Gasteiger partial charge in [-0.2, -0.15) is 0 Å². The van der Waals surface area contributed by atoms with Crippen LogP contribution in [-0.4, -0.2) is 39.6 Å². The number of oxime groups is 1. The molecule has 1 saturated heterocycles. The molecule has 2 heterocycles. The molecule has 1 aliphatic heterocycles. The average Bonchev–Trinajstić information content (AvgIpc) is 3.50. The van der Waals surface area contributed by atoms with E-state index in [0.717, 1.165) is 33.7 Å². The van der Waals surface area contributed by atoms with E-state index < -0.39 is 5.92 Å². The Morgan fingerprint density at radius 1 is 1.06 bits per heavy atom. The lowest BCUT2D eigenvalue weighted by molar-refractivity contribution is -0.132. The summed E-state index contributed by atoms with van der Waals surface area (Å²) >= 11 is 0. The number of carbonyl (C=O) groups is 1. The number of fused-ring (bicyclic) bond motifs is 1. The summed E-state index contributed by atoms with van der Waals surface area (Å²) in [4.78, 5) is 29.6. The predicted octanol–water partition coefficient (Wildman–Crippen LogP) is 5.23. The van der Waals surface area contributed by atoms with Gasteiger partial charge in [-0.05, 0) is 23.3 Å². The van der Waals surface area contributed by atoms with Crippen molar-refractivity contribution >= 4 is 22.7 Å². The Kier molecular flexibility index (Phi) is 6.21. The summed E-state index contributed by atoms with van der Waals surface area (Å²) in [5.41, 5.74) is 4.54. The second-order valence-corrected chi connectivity index (χ2v) is 8.32. The largest absolute Gasteiger partial charge is 0.392 e. The van der Waals surface area contributed by atoms with E-state index in [2.05, 4.69) is 16.7 Å². The maximum absolute atomic E-state index is 14.2. The molecule has 0 spiro atoms. The zero-order valence-corrected chi connectivity index (χ0v) is 18.8. The van der Waals surface area contributed by atoms with Gasteiger partial charge in [0.2, 0.25) is 5.91 Å². The summed E-state index contributed by atoms with van der Waals surface area (Å²) in [5.74, 6) is 0.336. The van der Waals surface area contributed by atoms with Gasteiger partial charge in [0.05, 0.1) is 35.2 Å². The molecular formula is C28H26N4O2. The fourth-order valence-corrected chi connectivity index (χ4v) is 4.49. The minimum Gasteiger partial charge on any atom is -0.392 e. The van der Waals surface area contributed by atoms with Crippen molar-refractivity contribution in [2.45, 2.75) is 18.4 Å². The summed E-state index contributed by atoms with van der Waals surface area (Å²) in [6.07, 6.45) is 2.21. The van der Waals surface area contributed by atoms with E-state index >= 15 is 0 Å². The normalized spacial score (nSPS) is 16.9. The lowest BCUT2D eigenvalue weighted by atomic mass is 9.90. The van der Waals surface area contributed by atoms with Crippen LogP contribution in [0, 0.1) is 0 Å². The third-order valence-corrected chi connectivity index (χ3v) is 6.06. The van der Waals surface area contributed by atoms with E-state index in [0.29, 0.717) is 19.6 Å². The number of hydrogen-bond acceptors (Lipinski definition) is 4. The van der Waals surface area contributed by atoms with Gasteiger partial charge in [0.1, 0.15) is 12.4 Å². The number of rotatable bonds is 7. The first kappa shape index (κ1) is 21.6. The topological polar surface area (TPSA) is 70.6 Å². The second kappa shape index (κ2) is 9.75. The number of para-hydroxylation sites is 2. The molecule has 1 aromatic heterocycles. The number of amides is 1. The molecule has 5 rings (SSSR count). The molecule has 1 fully saturated rings. The summed E-state index contributed by atoms with van der Waals surface area (Å²) in [7, 11) is 0. The number of aromatic nitrogens is 2. The standard InChI is InChI=1S/C28H26N4O2/c1-2-17-34-31-22-18-25(27-29-23-15-9-10-16-24(23)30-27)32(19-22)28(33)26(20-11-5-3-6-12-20)21-13-7-4-8-14-21/h2-16,25-26H,1,17-19H2,(H,29,30)/b31-22-/t25-/m0/s1. The first-order chi connectivity index (χ1) is 16.7. The Morgan fingerprint density at radius 2 is 1.71 bits per heavy atom. The fraction of sp³-hybridized carbons (Fsp3) is 0.179. The van der Waals surface area contributed by atoms with Crippen LogP contribution in [0.1, 0.15) is 35.3 Å². The SMILES string of the molecule is C=CCO/N=C1/C[C@@H](c2nc3ccccc3[nH]2)N(C(=O)C(c2ccccc2)c2ccccc2)C1. The number of hydrogen-bond donors (Lipinski definition) is 1. The van der Waals surface area contributed by atoms with E-state index in [-0.39, 0.29) is 11.9 Å². The monoisotopic (exact) mass is 450 g/mol. The van der Waals surface area contributed by atoms with Crippen LogP contribution in [0.3, 0.4) is 0 Å². The van der Waals surface area contributed by atoms with Gasteiger partial charge in [0.25, 0.3) is 0 Å². The second-order valence-electron chi connectivity index (χ2n) is 8.32. The molecule has 4 aromatic rings. The minimum absolute atomic E-state index is 0.0109. The van der Waals surface area contributed by atoms with Crippen molar-refractivity contribution in [1.29, 1.82) is 0 Å². The van der Waals surface area contributed by atoms with Gasteiger partial charge >= 0.3 is 0 Å². The zero-order chi connectivity index (χ0) is 23.3. The van der Waals surface area contributed by atoms with Gasteiger partial charge < -0.3 is 14.7 Å². The number of carbonyl (C=O) groups excluding carboxylic acids is 1. The number of nitrogens with one attached hydrogen (secondary N) is 1. The lowest BCUT2D eigenvalue weighted by Gasteiger charge is -2.28. The van der Waals surface area contributed by atoms with E-state index in [9.17, 15) is 4.79 Å². The molecule has 0 saturated carbocycles. The van der Waals surface area contributed by atoms with Crippen molar-refractivity contribution in [2.75, 3.05) is 13.2 Å². The van der Waals surface area contributed by atoms with Gasteiger partial charge in [-0.1, -0.05) is 90.6 Å². The van der Waals surface area contributed by atoms with Gasteiger partial charge in [0, 0.05) is 6.42 Å². The van der Waals surface area contributed by atoms with Crippen LogP contribution >= 0.6 is 0 Å². The van der Waals surface area contributed by atoms with Gasteiger partial charge in [0.15, 0.2) is 0 Å². The van der Waals surface area contributed by atoms with Crippen LogP contribution < -0.4 is 0 Å². The average molecular weight is 451 g/mol. The third kappa shape index (κ3) is 4.35. The third-order valence-electron chi connectivity index (χ3n) is 6.06. The highest BCUT2D eigenvalue weighted by Gasteiger charge is 2.40. The quantitative estimate of drug-likeness (QED) is 0.238. The Bertz CT molecular complexity index is 1240. The van der Waals surface area contributed by atoms with E-state index in [1.165, 1.54) is 0 Å². The van der Waals surface area contributed by atoms with Crippen molar-refractivity contribution in [1.82, 2.24) is 14.9 Å². The van der Waals surface area contributed by atoms with Crippen molar-refractivity contribution in [2.24, 2.45) is 5.16 Å². The molecule has 34 heavy (non-hydrogen) atoms. The maximum Gasteiger partial charge on any atom is 0.235 e. The van der Waals surface area contributed by atoms with E-state index in [1.54, 1.807) is 6.08 Å². The van der Waals surface area contributed by atoms with Crippen molar-refractivity contribution < 1.29 is 9.63 Å². The molecule has 1 atom stereocenters. The molecule has 170 valence electrons. The van der Waals surface area contributed by atoms with E-state index in [4.69, 9.17) is 9.82 Å². The molecule has 0 unspecified atom stereocenters. The lowest BCUT2D eigenvalue weighted by Crippen LogP contribution is -2.36. The fourth-order valence-electron chi connectivity index (χ4n) is 4.49. The Labute approximate surface area is 198 Å². The molecule has 1 N–H and O–H groups in total. The Morgan fingerprint density at radius 3 is 2.35 bits per heavy atom.